The Hall–Kier alpha value is -3.09. The fourth-order valence-corrected chi connectivity index (χ4v) is 7.38. The number of anilines is 4. The summed E-state index contributed by atoms with van der Waals surface area (Å²) in [5.74, 6) is 0.234. The second kappa shape index (κ2) is 12.5. The standard InChI is InChI=1S/C30H33Cl2N7O3S/c1-36(2)19-8-11-37(12-9-19)25-7-6-18(14-21(25)28(41)38-13-10-20(40)16-38)34-30-33-15-22-27(35-30)43-17-39(29(22)42)26-23(31)4-3-5-24(26)32/h3-7,14-15,19-20,40H,8-13,16-17H2,1-2H3,(H,33,34,35). The molecule has 4 heterocycles. The van der Waals surface area contributed by atoms with Crippen LogP contribution in [0.25, 0.3) is 0 Å². The minimum absolute atomic E-state index is 0.101. The molecule has 1 unspecified atom stereocenters. The molecule has 3 aromatic rings. The summed E-state index contributed by atoms with van der Waals surface area (Å²) in [6, 6.07) is 11.4. The van der Waals surface area contributed by atoms with E-state index in [1.54, 1.807) is 23.1 Å². The summed E-state index contributed by atoms with van der Waals surface area (Å²) in [5.41, 5.74) is 2.95. The third-order valence-corrected chi connectivity index (χ3v) is 9.82. The topological polar surface area (TPSA) is 105 Å². The fraction of sp³-hybridized carbons (Fsp3) is 0.400. The molecule has 0 aliphatic carbocycles. The SMILES string of the molecule is CN(C)C1CCN(c2ccc(Nc3ncc4c(n3)SCN(c3c(Cl)cccc3Cl)C4=O)cc2C(=O)N2CCC(O)C2)CC1. The van der Waals surface area contributed by atoms with Gasteiger partial charge in [0.05, 0.1) is 38.8 Å². The number of hydrogen-bond acceptors (Lipinski definition) is 9. The maximum absolute atomic E-state index is 13.7. The summed E-state index contributed by atoms with van der Waals surface area (Å²) in [7, 11) is 4.21. The fourth-order valence-electron chi connectivity index (χ4n) is 5.84. The monoisotopic (exact) mass is 641 g/mol. The quantitative estimate of drug-likeness (QED) is 0.361. The lowest BCUT2D eigenvalue weighted by Crippen LogP contribution is -2.42. The molecule has 2 amide bonds. The summed E-state index contributed by atoms with van der Waals surface area (Å²) >= 11 is 14.1. The van der Waals surface area contributed by atoms with Gasteiger partial charge < -0.3 is 25.1 Å². The highest BCUT2D eigenvalue weighted by atomic mass is 35.5. The van der Waals surface area contributed by atoms with E-state index in [9.17, 15) is 14.7 Å². The second-order valence-electron chi connectivity index (χ2n) is 11.2. The van der Waals surface area contributed by atoms with E-state index in [0.717, 1.165) is 31.6 Å². The zero-order chi connectivity index (χ0) is 30.2. The van der Waals surface area contributed by atoms with Crippen molar-refractivity contribution in [2.24, 2.45) is 0 Å². The van der Waals surface area contributed by atoms with Crippen molar-refractivity contribution in [2.75, 3.05) is 61.3 Å². The van der Waals surface area contributed by atoms with Gasteiger partial charge in [-0.1, -0.05) is 41.0 Å². The Bertz CT molecular complexity index is 1530. The number of rotatable bonds is 6. The van der Waals surface area contributed by atoms with Crippen LogP contribution in [0.2, 0.25) is 10.0 Å². The van der Waals surface area contributed by atoms with Crippen molar-refractivity contribution in [2.45, 2.75) is 36.4 Å². The summed E-state index contributed by atoms with van der Waals surface area (Å²) < 4.78 is 0. The van der Waals surface area contributed by atoms with Gasteiger partial charge in [0.15, 0.2) is 0 Å². The van der Waals surface area contributed by atoms with Crippen molar-refractivity contribution in [3.05, 3.63) is 63.8 Å². The van der Waals surface area contributed by atoms with Crippen molar-refractivity contribution in [1.82, 2.24) is 19.8 Å². The van der Waals surface area contributed by atoms with E-state index >= 15 is 0 Å². The molecule has 6 rings (SSSR count). The molecule has 3 aliphatic heterocycles. The molecule has 226 valence electrons. The van der Waals surface area contributed by atoms with Gasteiger partial charge in [0.2, 0.25) is 5.95 Å². The number of likely N-dealkylation sites (tertiary alicyclic amines) is 1. The van der Waals surface area contributed by atoms with Gasteiger partial charge in [0, 0.05) is 49.8 Å². The van der Waals surface area contributed by atoms with Crippen LogP contribution in [0, 0.1) is 0 Å². The number of β-amino-alcohol motifs (C(OH)–C–C–N with tert-alkyl or cyclic N) is 1. The van der Waals surface area contributed by atoms with Crippen LogP contribution >= 0.6 is 35.0 Å². The lowest BCUT2D eigenvalue weighted by molar-refractivity contribution is 0.0765. The Kier molecular flexibility index (Phi) is 8.70. The number of carbonyl (C=O) groups excluding carboxylic acids is 2. The molecule has 2 aromatic carbocycles. The van der Waals surface area contributed by atoms with Gasteiger partial charge in [-0.3, -0.25) is 14.5 Å². The Morgan fingerprint density at radius 3 is 2.51 bits per heavy atom. The zero-order valence-corrected chi connectivity index (χ0v) is 26.3. The summed E-state index contributed by atoms with van der Waals surface area (Å²) in [5, 5.41) is 14.6. The molecule has 0 spiro atoms. The molecular formula is C30H33Cl2N7O3S. The first kappa shape index (κ1) is 30.0. The lowest BCUT2D eigenvalue weighted by atomic mass is 10.0. The molecule has 0 saturated carbocycles. The van der Waals surface area contributed by atoms with E-state index in [-0.39, 0.29) is 11.8 Å². The van der Waals surface area contributed by atoms with E-state index in [0.29, 0.717) is 75.0 Å². The molecular weight excluding hydrogens is 609 g/mol. The van der Waals surface area contributed by atoms with Crippen molar-refractivity contribution in [1.29, 1.82) is 0 Å². The van der Waals surface area contributed by atoms with Gasteiger partial charge in [-0.05, 0) is 63.7 Å². The number of hydrogen-bond donors (Lipinski definition) is 2. The molecule has 1 atom stereocenters. The van der Waals surface area contributed by atoms with Gasteiger partial charge >= 0.3 is 0 Å². The molecule has 13 heteroatoms. The van der Waals surface area contributed by atoms with Crippen molar-refractivity contribution in [3.8, 4) is 0 Å². The van der Waals surface area contributed by atoms with Gasteiger partial charge in [-0.15, -0.1) is 0 Å². The smallest absolute Gasteiger partial charge is 0.263 e. The van der Waals surface area contributed by atoms with Crippen LogP contribution in [-0.2, 0) is 0 Å². The number of para-hydroxylation sites is 1. The number of aliphatic hydroxyl groups excluding tert-OH is 1. The maximum atomic E-state index is 13.7. The number of thioether (sulfide) groups is 1. The van der Waals surface area contributed by atoms with E-state index in [1.165, 1.54) is 22.9 Å². The number of aromatic nitrogens is 2. The van der Waals surface area contributed by atoms with Crippen molar-refractivity contribution < 1.29 is 14.7 Å². The van der Waals surface area contributed by atoms with Gasteiger partial charge in [-0.2, -0.15) is 0 Å². The van der Waals surface area contributed by atoms with Gasteiger partial charge in [0.1, 0.15) is 5.03 Å². The Morgan fingerprint density at radius 1 is 1.09 bits per heavy atom. The molecule has 0 radical (unpaired) electrons. The Morgan fingerprint density at radius 2 is 1.84 bits per heavy atom. The van der Waals surface area contributed by atoms with Crippen molar-refractivity contribution >= 4 is 69.8 Å². The summed E-state index contributed by atoms with van der Waals surface area (Å²) in [4.78, 5) is 43.9. The van der Waals surface area contributed by atoms with Crippen LogP contribution in [0.1, 0.15) is 40.0 Å². The molecule has 10 nitrogen and oxygen atoms in total. The van der Waals surface area contributed by atoms with E-state index in [1.807, 2.05) is 18.2 Å². The van der Waals surface area contributed by atoms with Crippen LogP contribution in [0.4, 0.5) is 23.0 Å². The predicted molar refractivity (Wildman–Crippen MR) is 171 cm³/mol. The van der Waals surface area contributed by atoms with Gasteiger partial charge in [0.25, 0.3) is 11.8 Å². The van der Waals surface area contributed by atoms with E-state index in [4.69, 9.17) is 23.2 Å². The number of nitrogens with one attached hydrogen (secondary N) is 1. The zero-order valence-electron chi connectivity index (χ0n) is 24.0. The van der Waals surface area contributed by atoms with Crippen LogP contribution in [0.3, 0.4) is 0 Å². The number of halogens is 2. The first-order valence-corrected chi connectivity index (χ1v) is 16.0. The highest BCUT2D eigenvalue weighted by Crippen LogP contribution is 2.39. The lowest BCUT2D eigenvalue weighted by Gasteiger charge is -2.37. The largest absolute Gasteiger partial charge is 0.391 e. The van der Waals surface area contributed by atoms with Crippen LogP contribution < -0.4 is 15.1 Å². The third-order valence-electron chi connectivity index (χ3n) is 8.24. The average molecular weight is 643 g/mol. The number of carbonyl (C=O) groups is 2. The van der Waals surface area contributed by atoms with Crippen molar-refractivity contribution in [3.63, 3.8) is 0 Å². The number of benzene rings is 2. The van der Waals surface area contributed by atoms with Crippen LogP contribution in [0.5, 0.6) is 0 Å². The minimum Gasteiger partial charge on any atom is -0.391 e. The first-order chi connectivity index (χ1) is 20.7. The molecule has 2 saturated heterocycles. The normalized spacial score (nSPS) is 19.3. The molecule has 3 aliphatic rings. The number of nitrogens with zero attached hydrogens (tertiary/aromatic N) is 6. The first-order valence-electron chi connectivity index (χ1n) is 14.2. The highest BCUT2D eigenvalue weighted by Gasteiger charge is 2.32. The minimum atomic E-state index is -0.501. The molecule has 2 N–H and O–H groups in total. The summed E-state index contributed by atoms with van der Waals surface area (Å²) in [6.07, 6.45) is 3.61. The number of piperidine rings is 1. The van der Waals surface area contributed by atoms with Crippen LogP contribution in [0.15, 0.2) is 47.6 Å². The summed E-state index contributed by atoms with van der Waals surface area (Å²) in [6.45, 7) is 2.56. The molecule has 0 bridgehead atoms. The second-order valence-corrected chi connectivity index (χ2v) is 13.0. The van der Waals surface area contributed by atoms with Crippen LogP contribution in [-0.4, -0.2) is 95.0 Å². The highest BCUT2D eigenvalue weighted by molar-refractivity contribution is 7.99. The van der Waals surface area contributed by atoms with E-state index in [2.05, 4.69) is 39.2 Å². The molecule has 2 fully saturated rings. The van der Waals surface area contributed by atoms with Gasteiger partial charge in [-0.25, -0.2) is 9.97 Å². The molecule has 43 heavy (non-hydrogen) atoms. The predicted octanol–water partition coefficient (Wildman–Crippen LogP) is 4.97. The Labute approximate surface area is 265 Å². The number of fused-ring (bicyclic) bond motifs is 1. The van der Waals surface area contributed by atoms with E-state index < -0.39 is 6.10 Å². The number of aliphatic hydroxyl groups is 1. The number of amides is 2. The maximum Gasteiger partial charge on any atom is 0.263 e. The Balaban J connectivity index is 1.25. The third kappa shape index (κ3) is 6.14. The average Bonchev–Trinajstić information content (AvgIpc) is 3.44. The molecule has 1 aromatic heterocycles.